The number of piperidine rings is 1. The number of hydrogen-bond donors (Lipinski definition) is 2. The van der Waals surface area contributed by atoms with Crippen molar-refractivity contribution in [2.75, 3.05) is 18.0 Å². The molecule has 0 aliphatic carbocycles. The van der Waals surface area contributed by atoms with Crippen LogP contribution in [0.15, 0.2) is 54.6 Å². The molecule has 3 aromatic rings. The van der Waals surface area contributed by atoms with Crippen molar-refractivity contribution in [2.45, 2.75) is 25.8 Å². The summed E-state index contributed by atoms with van der Waals surface area (Å²) in [7, 11) is 0. The number of halogens is 1. The molecule has 2 N–H and O–H groups in total. The van der Waals surface area contributed by atoms with Crippen molar-refractivity contribution >= 4 is 11.7 Å². The van der Waals surface area contributed by atoms with Crippen molar-refractivity contribution in [3.8, 4) is 11.3 Å². The van der Waals surface area contributed by atoms with E-state index < -0.39 is 0 Å². The first-order valence-corrected chi connectivity index (χ1v) is 9.52. The normalized spacial score (nSPS) is 16.8. The van der Waals surface area contributed by atoms with Gasteiger partial charge in [0, 0.05) is 30.8 Å². The Morgan fingerprint density at radius 2 is 1.93 bits per heavy atom. The van der Waals surface area contributed by atoms with Crippen LogP contribution < -0.4 is 10.2 Å². The van der Waals surface area contributed by atoms with E-state index in [0.29, 0.717) is 12.1 Å². The lowest BCUT2D eigenvalue weighted by atomic mass is 10.0. The molecule has 144 valence electrons. The van der Waals surface area contributed by atoms with Crippen molar-refractivity contribution < 1.29 is 9.18 Å². The van der Waals surface area contributed by atoms with Crippen LogP contribution >= 0.6 is 0 Å². The zero-order valence-electron chi connectivity index (χ0n) is 15.8. The number of amides is 1. The predicted molar refractivity (Wildman–Crippen MR) is 108 cm³/mol. The van der Waals surface area contributed by atoms with Crippen LogP contribution in [-0.2, 0) is 0 Å². The minimum absolute atomic E-state index is 0.0409. The maximum absolute atomic E-state index is 13.1. The molecule has 1 atom stereocenters. The van der Waals surface area contributed by atoms with Crippen LogP contribution in [0.5, 0.6) is 0 Å². The Bertz CT molecular complexity index is 949. The van der Waals surface area contributed by atoms with Gasteiger partial charge in [-0.05, 0) is 61.7 Å². The maximum atomic E-state index is 13.1. The number of aromatic amines is 1. The third-order valence-electron chi connectivity index (χ3n) is 5.11. The molecule has 1 fully saturated rings. The summed E-state index contributed by atoms with van der Waals surface area (Å²) in [6.07, 6.45) is 1.93. The van der Waals surface area contributed by atoms with Crippen molar-refractivity contribution in [2.24, 2.45) is 0 Å². The highest BCUT2D eigenvalue weighted by atomic mass is 19.1. The van der Waals surface area contributed by atoms with E-state index in [0.717, 1.165) is 42.0 Å². The first kappa shape index (κ1) is 18.2. The van der Waals surface area contributed by atoms with E-state index in [1.54, 1.807) is 12.1 Å². The van der Waals surface area contributed by atoms with Crippen LogP contribution in [-0.4, -0.2) is 35.2 Å². The molecule has 1 aliphatic rings. The van der Waals surface area contributed by atoms with Crippen LogP contribution in [0.25, 0.3) is 11.3 Å². The van der Waals surface area contributed by atoms with Gasteiger partial charge in [0.05, 0.1) is 5.69 Å². The van der Waals surface area contributed by atoms with Crippen LogP contribution in [0.3, 0.4) is 0 Å². The van der Waals surface area contributed by atoms with E-state index in [-0.39, 0.29) is 17.8 Å². The number of aryl methyl sites for hydroxylation is 1. The minimum atomic E-state index is -0.258. The van der Waals surface area contributed by atoms with Gasteiger partial charge in [0.25, 0.3) is 5.91 Å². The molecule has 0 unspecified atom stereocenters. The highest BCUT2D eigenvalue weighted by Crippen LogP contribution is 2.24. The van der Waals surface area contributed by atoms with Crippen molar-refractivity contribution in [3.63, 3.8) is 0 Å². The van der Waals surface area contributed by atoms with Gasteiger partial charge in [0.15, 0.2) is 5.82 Å². The number of hydrogen-bond acceptors (Lipinski definition) is 3. The zero-order valence-corrected chi connectivity index (χ0v) is 15.8. The smallest absolute Gasteiger partial charge is 0.251 e. The third-order valence-corrected chi connectivity index (χ3v) is 5.11. The summed E-state index contributed by atoms with van der Waals surface area (Å²) < 4.78 is 13.1. The molecule has 1 saturated heterocycles. The number of H-pyrrole nitrogens is 1. The molecular formula is C22H23FN4O. The Labute approximate surface area is 163 Å². The summed E-state index contributed by atoms with van der Waals surface area (Å²) in [5, 5.41) is 10.6. The molecular weight excluding hydrogens is 355 g/mol. The first-order valence-electron chi connectivity index (χ1n) is 9.52. The van der Waals surface area contributed by atoms with Crippen molar-refractivity contribution in [3.05, 3.63) is 71.5 Å². The van der Waals surface area contributed by atoms with E-state index >= 15 is 0 Å². The quantitative estimate of drug-likeness (QED) is 0.723. The van der Waals surface area contributed by atoms with Gasteiger partial charge in [-0.1, -0.05) is 17.7 Å². The fourth-order valence-electron chi connectivity index (χ4n) is 3.53. The summed E-state index contributed by atoms with van der Waals surface area (Å²) in [4.78, 5) is 14.7. The molecule has 0 bridgehead atoms. The van der Waals surface area contributed by atoms with Gasteiger partial charge in [-0.3, -0.25) is 9.89 Å². The first-order chi connectivity index (χ1) is 13.6. The highest BCUT2D eigenvalue weighted by Gasteiger charge is 2.23. The number of nitrogens with zero attached hydrogens (tertiary/aromatic N) is 2. The monoisotopic (exact) mass is 378 g/mol. The molecule has 4 rings (SSSR count). The average molecular weight is 378 g/mol. The Kier molecular flexibility index (Phi) is 5.10. The van der Waals surface area contributed by atoms with Gasteiger partial charge in [-0.25, -0.2) is 4.39 Å². The SMILES string of the molecule is Cc1ccc(C(=O)N[C@@H]2CCCN(c3cc(-c4ccc(F)cc4)[nH]n3)C2)cc1. The molecule has 1 amide bonds. The van der Waals surface area contributed by atoms with E-state index in [9.17, 15) is 9.18 Å². The number of carbonyl (C=O) groups is 1. The number of carbonyl (C=O) groups excluding carboxylic acids is 1. The van der Waals surface area contributed by atoms with E-state index in [1.807, 2.05) is 37.3 Å². The minimum Gasteiger partial charge on any atom is -0.353 e. The van der Waals surface area contributed by atoms with Crippen molar-refractivity contribution in [1.29, 1.82) is 0 Å². The van der Waals surface area contributed by atoms with E-state index in [4.69, 9.17) is 0 Å². The topological polar surface area (TPSA) is 61.0 Å². The maximum Gasteiger partial charge on any atom is 0.251 e. The van der Waals surface area contributed by atoms with Gasteiger partial charge in [0.1, 0.15) is 5.82 Å². The summed E-state index contributed by atoms with van der Waals surface area (Å²) in [6.45, 7) is 3.61. The molecule has 6 heteroatoms. The standard InChI is InChI=1S/C22H23FN4O/c1-15-4-6-17(7-5-15)22(28)24-19-3-2-12-27(14-19)21-13-20(25-26-21)16-8-10-18(23)11-9-16/h4-11,13,19H,2-3,12,14H2,1H3,(H,24,28)(H,25,26)/t19-/m1/s1. The molecule has 1 aliphatic heterocycles. The molecule has 5 nitrogen and oxygen atoms in total. The second kappa shape index (κ2) is 7.84. The molecule has 1 aromatic heterocycles. The third kappa shape index (κ3) is 4.06. The Morgan fingerprint density at radius 1 is 1.18 bits per heavy atom. The van der Waals surface area contributed by atoms with Crippen LogP contribution in [0.1, 0.15) is 28.8 Å². The number of rotatable bonds is 4. The fraction of sp³-hybridized carbons (Fsp3) is 0.273. The zero-order chi connectivity index (χ0) is 19.5. The lowest BCUT2D eigenvalue weighted by Gasteiger charge is -2.33. The lowest BCUT2D eigenvalue weighted by molar-refractivity contribution is 0.0933. The number of nitrogens with one attached hydrogen (secondary N) is 2. The Hall–Kier alpha value is -3.15. The molecule has 0 radical (unpaired) electrons. The van der Waals surface area contributed by atoms with Gasteiger partial charge >= 0.3 is 0 Å². The van der Waals surface area contributed by atoms with Crippen LogP contribution in [0.2, 0.25) is 0 Å². The fourth-order valence-corrected chi connectivity index (χ4v) is 3.53. The molecule has 2 heterocycles. The number of benzene rings is 2. The molecule has 28 heavy (non-hydrogen) atoms. The second-order valence-electron chi connectivity index (χ2n) is 7.27. The highest BCUT2D eigenvalue weighted by molar-refractivity contribution is 5.94. The number of aromatic nitrogens is 2. The van der Waals surface area contributed by atoms with Crippen molar-refractivity contribution in [1.82, 2.24) is 15.5 Å². The Morgan fingerprint density at radius 3 is 2.68 bits per heavy atom. The predicted octanol–water partition coefficient (Wildman–Crippen LogP) is 3.92. The van der Waals surface area contributed by atoms with Crippen LogP contribution in [0, 0.1) is 12.7 Å². The summed E-state index contributed by atoms with van der Waals surface area (Å²) in [5.41, 5.74) is 3.55. The second-order valence-corrected chi connectivity index (χ2v) is 7.27. The van der Waals surface area contributed by atoms with Gasteiger partial charge in [-0.2, -0.15) is 5.10 Å². The summed E-state index contributed by atoms with van der Waals surface area (Å²) >= 11 is 0. The average Bonchev–Trinajstić information content (AvgIpc) is 3.19. The van der Waals surface area contributed by atoms with Gasteiger partial charge < -0.3 is 10.2 Å². The number of anilines is 1. The summed E-state index contributed by atoms with van der Waals surface area (Å²) in [6, 6.07) is 16.0. The Balaban J connectivity index is 1.42. The largest absolute Gasteiger partial charge is 0.353 e. The molecule has 0 spiro atoms. The molecule has 2 aromatic carbocycles. The van der Waals surface area contributed by atoms with Crippen LogP contribution in [0.4, 0.5) is 10.2 Å². The van der Waals surface area contributed by atoms with E-state index in [1.165, 1.54) is 12.1 Å². The van der Waals surface area contributed by atoms with E-state index in [2.05, 4.69) is 20.4 Å². The van der Waals surface area contributed by atoms with Gasteiger partial charge in [0.2, 0.25) is 0 Å². The molecule has 0 saturated carbocycles. The lowest BCUT2D eigenvalue weighted by Crippen LogP contribution is -2.48. The summed E-state index contributed by atoms with van der Waals surface area (Å²) in [5.74, 6) is 0.543. The van der Waals surface area contributed by atoms with Gasteiger partial charge in [-0.15, -0.1) is 0 Å².